The van der Waals surface area contributed by atoms with Crippen molar-refractivity contribution in [3.63, 3.8) is 0 Å². The highest BCUT2D eigenvalue weighted by atomic mass is 16.5. The van der Waals surface area contributed by atoms with Gasteiger partial charge in [-0.3, -0.25) is 9.59 Å². The van der Waals surface area contributed by atoms with Crippen LogP contribution in [0.2, 0.25) is 0 Å². The number of aliphatic hydroxyl groups excluding tert-OH is 2. The highest BCUT2D eigenvalue weighted by Crippen LogP contribution is 2.18. The maximum absolute atomic E-state index is 12.4. The largest absolute Gasteiger partial charge is 0.466 e. The monoisotopic (exact) mass is 1060 g/mol. The van der Waals surface area contributed by atoms with Crippen LogP contribution in [0.5, 0.6) is 0 Å². The van der Waals surface area contributed by atoms with Gasteiger partial charge in [0.2, 0.25) is 5.91 Å². The van der Waals surface area contributed by atoms with Gasteiger partial charge in [-0.25, -0.2) is 0 Å². The molecule has 0 aliphatic heterocycles. The van der Waals surface area contributed by atoms with Crippen LogP contribution >= 0.6 is 0 Å². The zero-order valence-electron chi connectivity index (χ0n) is 50.8. The summed E-state index contributed by atoms with van der Waals surface area (Å²) in [5.74, 6) is -0.0475. The number of carbonyl (C=O) groups excluding carboxylic acids is 2. The highest BCUT2D eigenvalue weighted by Gasteiger charge is 2.18. The molecule has 3 N–H and O–H groups in total. The predicted octanol–water partition coefficient (Wildman–Crippen LogP) is 21.8. The van der Waals surface area contributed by atoms with E-state index >= 15 is 0 Å². The number of ether oxygens (including phenoxy) is 1. The van der Waals surface area contributed by atoms with Crippen molar-refractivity contribution in [3.05, 3.63) is 24.3 Å². The molecule has 2 unspecified atom stereocenters. The summed E-state index contributed by atoms with van der Waals surface area (Å²) in [6.07, 6.45) is 81.2. The number of allylic oxidation sites excluding steroid dienone is 3. The number of carbonyl (C=O) groups is 2. The molecule has 6 heteroatoms. The molecule has 75 heavy (non-hydrogen) atoms. The molecule has 0 saturated carbocycles. The zero-order chi connectivity index (χ0) is 54.3. The smallest absolute Gasteiger partial charge is 0.305 e. The molecule has 0 saturated heterocycles. The van der Waals surface area contributed by atoms with E-state index in [1.807, 2.05) is 6.08 Å². The molecule has 6 nitrogen and oxygen atoms in total. The molecule has 444 valence electrons. The van der Waals surface area contributed by atoms with Gasteiger partial charge < -0.3 is 20.3 Å². The van der Waals surface area contributed by atoms with Crippen molar-refractivity contribution in [2.24, 2.45) is 0 Å². The van der Waals surface area contributed by atoms with Crippen molar-refractivity contribution in [3.8, 4) is 0 Å². The van der Waals surface area contributed by atoms with Crippen LogP contribution in [-0.4, -0.2) is 47.4 Å². The maximum atomic E-state index is 12.4. The van der Waals surface area contributed by atoms with Crippen LogP contribution in [0.3, 0.4) is 0 Å². The third kappa shape index (κ3) is 61.4. The first-order valence-corrected chi connectivity index (χ1v) is 34.1. The summed E-state index contributed by atoms with van der Waals surface area (Å²) in [6, 6.07) is -0.623. The number of hydrogen-bond donors (Lipinski definition) is 3. The topological polar surface area (TPSA) is 95.9 Å². The lowest BCUT2D eigenvalue weighted by molar-refractivity contribution is -0.143. The number of aliphatic hydroxyl groups is 2. The van der Waals surface area contributed by atoms with Crippen LogP contribution in [0.15, 0.2) is 24.3 Å². The zero-order valence-corrected chi connectivity index (χ0v) is 50.8. The third-order valence-corrected chi connectivity index (χ3v) is 16.0. The van der Waals surface area contributed by atoms with Gasteiger partial charge in [0.1, 0.15) is 0 Å². The van der Waals surface area contributed by atoms with Crippen molar-refractivity contribution >= 4 is 11.9 Å². The molecule has 0 heterocycles. The predicted molar refractivity (Wildman–Crippen MR) is 329 cm³/mol. The second-order valence-corrected chi connectivity index (χ2v) is 23.5. The first-order valence-electron chi connectivity index (χ1n) is 34.1. The Morgan fingerprint density at radius 1 is 0.360 bits per heavy atom. The summed E-state index contributed by atoms with van der Waals surface area (Å²) in [4.78, 5) is 24.5. The Morgan fingerprint density at radius 3 is 0.947 bits per heavy atom. The van der Waals surface area contributed by atoms with Crippen LogP contribution < -0.4 is 5.32 Å². The van der Waals surface area contributed by atoms with E-state index in [-0.39, 0.29) is 18.5 Å². The molecule has 0 aromatic rings. The Labute approximate surface area is 469 Å². The van der Waals surface area contributed by atoms with Crippen LogP contribution in [0.1, 0.15) is 380 Å². The summed E-state index contributed by atoms with van der Waals surface area (Å²) in [7, 11) is 0. The summed E-state index contributed by atoms with van der Waals surface area (Å²) in [6.45, 7) is 4.92. The third-order valence-electron chi connectivity index (χ3n) is 16.0. The van der Waals surface area contributed by atoms with Crippen molar-refractivity contribution in [2.45, 2.75) is 392 Å². The van der Waals surface area contributed by atoms with Crippen LogP contribution in [-0.2, 0) is 14.3 Å². The molecule has 0 aliphatic carbocycles. The quantitative estimate of drug-likeness (QED) is 0.0320. The van der Waals surface area contributed by atoms with E-state index in [2.05, 4.69) is 31.3 Å². The average Bonchev–Trinajstić information content (AvgIpc) is 3.41. The van der Waals surface area contributed by atoms with Crippen molar-refractivity contribution in [1.82, 2.24) is 5.32 Å². The SMILES string of the molecule is CCCCCCCCC/C=C\CCCCCCCCCC(=O)OCCCCCCCCCCCCCCCCCCCCCCCCCCCCCCCC(=O)NC(CO)C(O)/C=C/CCCCCCCCCCC. The molecule has 0 radical (unpaired) electrons. The van der Waals surface area contributed by atoms with Crippen molar-refractivity contribution in [2.75, 3.05) is 13.2 Å². The van der Waals surface area contributed by atoms with Crippen LogP contribution in [0.4, 0.5) is 0 Å². The van der Waals surface area contributed by atoms with E-state index < -0.39 is 12.1 Å². The van der Waals surface area contributed by atoms with E-state index in [1.165, 1.54) is 308 Å². The average molecular weight is 1060 g/mol. The van der Waals surface area contributed by atoms with Crippen molar-refractivity contribution < 1.29 is 24.5 Å². The minimum absolute atomic E-state index is 0.0167. The van der Waals surface area contributed by atoms with Crippen LogP contribution in [0, 0.1) is 0 Å². The molecule has 2 atom stereocenters. The lowest BCUT2D eigenvalue weighted by Crippen LogP contribution is -2.45. The van der Waals surface area contributed by atoms with Crippen molar-refractivity contribution in [1.29, 1.82) is 0 Å². The molecular formula is C69H133NO5. The molecule has 0 aliphatic rings. The fourth-order valence-corrected chi connectivity index (χ4v) is 10.7. The first-order chi connectivity index (χ1) is 37.0. The van der Waals surface area contributed by atoms with Gasteiger partial charge in [-0.05, 0) is 57.8 Å². The highest BCUT2D eigenvalue weighted by molar-refractivity contribution is 5.76. The first kappa shape index (κ1) is 73.3. The molecular weight excluding hydrogens is 923 g/mol. The summed E-state index contributed by atoms with van der Waals surface area (Å²) in [5, 5.41) is 23.0. The number of esters is 1. The lowest BCUT2D eigenvalue weighted by Gasteiger charge is -2.20. The van der Waals surface area contributed by atoms with E-state index in [0.29, 0.717) is 19.4 Å². The number of unbranched alkanes of at least 4 members (excludes halogenated alkanes) is 51. The Hall–Kier alpha value is -1.66. The Morgan fingerprint density at radius 2 is 0.627 bits per heavy atom. The number of rotatable bonds is 64. The standard InChI is InChI=1S/C69H133NO5/c1-3-5-7-9-11-13-15-16-17-18-33-36-39-43-47-51-55-59-63-69(74)75-64-60-56-52-48-44-40-37-34-31-29-27-25-23-21-19-20-22-24-26-28-30-32-35-38-42-46-50-54-58-62-68(73)70-66(65-71)67(72)61-57-53-49-45-41-14-12-10-8-6-4-2/h17-18,57,61,66-67,71-72H,3-16,19-56,58-60,62-65H2,1-2H3,(H,70,73)/b18-17-,61-57+. The maximum Gasteiger partial charge on any atom is 0.305 e. The Kier molecular flexibility index (Phi) is 63.4. The Bertz CT molecular complexity index is 1170. The molecule has 0 aromatic heterocycles. The lowest BCUT2D eigenvalue weighted by atomic mass is 10.0. The second kappa shape index (κ2) is 64.9. The molecule has 0 bridgehead atoms. The minimum atomic E-state index is -0.840. The van der Waals surface area contributed by atoms with Crippen LogP contribution in [0.25, 0.3) is 0 Å². The van der Waals surface area contributed by atoms with Gasteiger partial charge in [-0.1, -0.05) is 334 Å². The normalized spacial score (nSPS) is 12.6. The van der Waals surface area contributed by atoms with Gasteiger partial charge >= 0.3 is 5.97 Å². The molecule has 1 amide bonds. The second-order valence-electron chi connectivity index (χ2n) is 23.5. The summed E-state index contributed by atoms with van der Waals surface area (Å²) >= 11 is 0. The number of nitrogens with one attached hydrogen (secondary N) is 1. The van der Waals surface area contributed by atoms with E-state index in [1.54, 1.807) is 6.08 Å². The number of hydrogen-bond acceptors (Lipinski definition) is 5. The molecule has 0 rings (SSSR count). The van der Waals surface area contributed by atoms with E-state index in [9.17, 15) is 19.8 Å². The van der Waals surface area contributed by atoms with Gasteiger partial charge in [-0.2, -0.15) is 0 Å². The minimum Gasteiger partial charge on any atom is -0.466 e. The Balaban J connectivity index is 3.32. The fourth-order valence-electron chi connectivity index (χ4n) is 10.7. The van der Waals surface area contributed by atoms with Gasteiger partial charge in [-0.15, -0.1) is 0 Å². The van der Waals surface area contributed by atoms with Gasteiger partial charge in [0.15, 0.2) is 0 Å². The summed E-state index contributed by atoms with van der Waals surface area (Å²) in [5.41, 5.74) is 0. The van der Waals surface area contributed by atoms with Gasteiger partial charge in [0.25, 0.3) is 0 Å². The summed E-state index contributed by atoms with van der Waals surface area (Å²) < 4.78 is 5.51. The van der Waals surface area contributed by atoms with Gasteiger partial charge in [0, 0.05) is 12.8 Å². The molecule has 0 fully saturated rings. The molecule has 0 spiro atoms. The van der Waals surface area contributed by atoms with Gasteiger partial charge in [0.05, 0.1) is 25.4 Å². The molecule has 0 aromatic carbocycles. The fraction of sp³-hybridized carbons (Fsp3) is 0.913. The number of amides is 1. The van der Waals surface area contributed by atoms with E-state index in [4.69, 9.17) is 4.74 Å². The van der Waals surface area contributed by atoms with E-state index in [0.717, 1.165) is 44.9 Å².